The second-order valence-corrected chi connectivity index (χ2v) is 8.71. The van der Waals surface area contributed by atoms with Crippen molar-refractivity contribution in [2.75, 3.05) is 32.1 Å². The summed E-state index contributed by atoms with van der Waals surface area (Å²) in [5, 5.41) is 14.0. The summed E-state index contributed by atoms with van der Waals surface area (Å²) in [6.07, 6.45) is 0. The number of anilines is 1. The predicted octanol–water partition coefficient (Wildman–Crippen LogP) is 3.94. The number of methoxy groups -OCH3 is 1. The molecule has 2 rings (SSSR count). The third-order valence-corrected chi connectivity index (χ3v) is 7.07. The third kappa shape index (κ3) is 5.29. The molecule has 32 heavy (non-hydrogen) atoms. The van der Waals surface area contributed by atoms with Crippen molar-refractivity contribution < 1.29 is 27.6 Å². The highest BCUT2D eigenvalue weighted by molar-refractivity contribution is 7.89. The first-order valence-corrected chi connectivity index (χ1v) is 11.5. The van der Waals surface area contributed by atoms with Gasteiger partial charge in [0, 0.05) is 24.8 Å². The lowest BCUT2D eigenvalue weighted by Gasteiger charge is -2.19. The number of nitro groups is 1. The predicted molar refractivity (Wildman–Crippen MR) is 120 cm³/mol. The number of sulfonamides is 1. The van der Waals surface area contributed by atoms with E-state index >= 15 is 0 Å². The SMILES string of the molecule is CCOc1cc([N+](=O)[O-])c(C(=O)Nc2ccc(Cl)c(S(=O)(=O)N(CC)CC)c2)cc1OC. The quantitative estimate of drug-likeness (QED) is 0.398. The minimum absolute atomic E-state index is 0.0105. The fourth-order valence-corrected chi connectivity index (χ4v) is 4.95. The maximum absolute atomic E-state index is 12.9. The normalized spacial score (nSPS) is 11.3. The molecule has 0 aromatic heterocycles. The van der Waals surface area contributed by atoms with E-state index in [9.17, 15) is 23.3 Å². The molecular weight excluding hydrogens is 462 g/mol. The van der Waals surface area contributed by atoms with E-state index in [1.54, 1.807) is 20.8 Å². The van der Waals surface area contributed by atoms with Gasteiger partial charge in [-0.05, 0) is 25.1 Å². The Hall–Kier alpha value is -2.89. The molecule has 0 saturated heterocycles. The van der Waals surface area contributed by atoms with E-state index in [0.29, 0.717) is 0 Å². The lowest BCUT2D eigenvalue weighted by molar-refractivity contribution is -0.385. The lowest BCUT2D eigenvalue weighted by atomic mass is 10.1. The fraction of sp³-hybridized carbons (Fsp3) is 0.350. The summed E-state index contributed by atoms with van der Waals surface area (Å²) < 4.78 is 37.4. The average molecular weight is 486 g/mol. The number of nitrogens with one attached hydrogen (secondary N) is 1. The number of rotatable bonds is 10. The van der Waals surface area contributed by atoms with Gasteiger partial charge in [-0.15, -0.1) is 0 Å². The molecule has 0 unspecified atom stereocenters. The van der Waals surface area contributed by atoms with Crippen molar-refractivity contribution in [2.45, 2.75) is 25.7 Å². The average Bonchev–Trinajstić information content (AvgIpc) is 2.75. The van der Waals surface area contributed by atoms with Gasteiger partial charge in [-0.2, -0.15) is 4.31 Å². The zero-order chi connectivity index (χ0) is 24.1. The summed E-state index contributed by atoms with van der Waals surface area (Å²) >= 11 is 6.11. The minimum Gasteiger partial charge on any atom is -0.493 e. The Morgan fingerprint density at radius 2 is 1.81 bits per heavy atom. The molecule has 174 valence electrons. The number of carbonyl (C=O) groups excluding carboxylic acids is 1. The van der Waals surface area contributed by atoms with Crippen LogP contribution in [0.1, 0.15) is 31.1 Å². The molecule has 0 fully saturated rings. The van der Waals surface area contributed by atoms with Crippen LogP contribution in [0.2, 0.25) is 5.02 Å². The maximum atomic E-state index is 12.9. The molecule has 0 atom stereocenters. The Kier molecular flexibility index (Phi) is 8.42. The van der Waals surface area contributed by atoms with Crippen molar-refractivity contribution >= 4 is 38.9 Å². The van der Waals surface area contributed by atoms with Gasteiger partial charge >= 0.3 is 0 Å². The van der Waals surface area contributed by atoms with Crippen molar-refractivity contribution in [3.63, 3.8) is 0 Å². The van der Waals surface area contributed by atoms with Gasteiger partial charge in [0.05, 0.1) is 29.7 Å². The molecule has 10 nitrogen and oxygen atoms in total. The van der Waals surface area contributed by atoms with E-state index in [2.05, 4.69) is 5.32 Å². The number of ether oxygens (including phenoxy) is 2. The Balaban J connectivity index is 2.49. The topological polar surface area (TPSA) is 128 Å². The van der Waals surface area contributed by atoms with Crippen molar-refractivity contribution in [3.05, 3.63) is 51.0 Å². The number of nitro benzene ring substituents is 1. The molecule has 1 N–H and O–H groups in total. The van der Waals surface area contributed by atoms with Gasteiger partial charge in [0.15, 0.2) is 11.5 Å². The van der Waals surface area contributed by atoms with Crippen molar-refractivity contribution in [2.24, 2.45) is 0 Å². The zero-order valence-corrected chi connectivity index (χ0v) is 19.6. The zero-order valence-electron chi connectivity index (χ0n) is 18.0. The van der Waals surface area contributed by atoms with Crippen LogP contribution in [0.4, 0.5) is 11.4 Å². The van der Waals surface area contributed by atoms with E-state index in [1.165, 1.54) is 35.7 Å². The van der Waals surface area contributed by atoms with Gasteiger partial charge in [0.25, 0.3) is 11.6 Å². The van der Waals surface area contributed by atoms with Gasteiger partial charge in [-0.25, -0.2) is 8.42 Å². The molecule has 0 bridgehead atoms. The highest BCUT2D eigenvalue weighted by Gasteiger charge is 2.27. The van der Waals surface area contributed by atoms with Crippen LogP contribution in [0.3, 0.4) is 0 Å². The maximum Gasteiger partial charge on any atom is 0.286 e. The van der Waals surface area contributed by atoms with Crippen LogP contribution >= 0.6 is 11.6 Å². The largest absolute Gasteiger partial charge is 0.493 e. The van der Waals surface area contributed by atoms with Gasteiger partial charge in [-0.1, -0.05) is 25.4 Å². The van der Waals surface area contributed by atoms with Crippen molar-refractivity contribution in [1.82, 2.24) is 4.31 Å². The van der Waals surface area contributed by atoms with E-state index < -0.39 is 26.5 Å². The summed E-state index contributed by atoms with van der Waals surface area (Å²) in [5.41, 5.74) is -0.664. The van der Waals surface area contributed by atoms with E-state index in [-0.39, 0.29) is 52.4 Å². The third-order valence-electron chi connectivity index (χ3n) is 4.54. The number of halogens is 1. The summed E-state index contributed by atoms with van der Waals surface area (Å²) in [6, 6.07) is 6.25. The number of hydrogen-bond acceptors (Lipinski definition) is 7. The molecule has 0 aliphatic heterocycles. The van der Waals surface area contributed by atoms with E-state index in [1.807, 2.05) is 0 Å². The Morgan fingerprint density at radius 1 is 1.16 bits per heavy atom. The second kappa shape index (κ2) is 10.6. The molecule has 2 aromatic carbocycles. The fourth-order valence-electron chi connectivity index (χ4n) is 2.99. The standard InChI is InChI=1S/C20H24ClN3O7S/c1-5-23(6-2)32(28,29)19-10-13(8-9-15(19)21)22-20(25)14-11-17(30-4)18(31-7-3)12-16(14)24(26)27/h8-12H,5-7H2,1-4H3,(H,22,25). The highest BCUT2D eigenvalue weighted by Crippen LogP contribution is 2.35. The Labute approximate surface area is 191 Å². The van der Waals surface area contributed by atoms with Crippen LogP contribution in [0.5, 0.6) is 11.5 Å². The number of hydrogen-bond donors (Lipinski definition) is 1. The molecule has 0 saturated carbocycles. The Bertz CT molecular complexity index is 1120. The first kappa shape index (κ1) is 25.4. The smallest absolute Gasteiger partial charge is 0.286 e. The summed E-state index contributed by atoms with van der Waals surface area (Å²) in [7, 11) is -2.55. The van der Waals surface area contributed by atoms with Gasteiger partial charge in [0.2, 0.25) is 10.0 Å². The van der Waals surface area contributed by atoms with Crippen LogP contribution in [0.25, 0.3) is 0 Å². The first-order chi connectivity index (χ1) is 15.1. The summed E-state index contributed by atoms with van der Waals surface area (Å²) in [5.74, 6) is -0.563. The van der Waals surface area contributed by atoms with Gasteiger partial charge < -0.3 is 14.8 Å². The van der Waals surface area contributed by atoms with Crippen LogP contribution in [-0.2, 0) is 10.0 Å². The lowest BCUT2D eigenvalue weighted by Crippen LogP contribution is -2.30. The second-order valence-electron chi connectivity index (χ2n) is 6.40. The van der Waals surface area contributed by atoms with Gasteiger partial charge in [0.1, 0.15) is 10.5 Å². The summed E-state index contributed by atoms with van der Waals surface area (Å²) in [6.45, 7) is 5.82. The molecular formula is C20H24ClN3O7S. The number of benzene rings is 2. The Morgan fingerprint density at radius 3 is 2.34 bits per heavy atom. The van der Waals surface area contributed by atoms with Crippen molar-refractivity contribution in [1.29, 1.82) is 0 Å². The monoisotopic (exact) mass is 485 g/mol. The highest BCUT2D eigenvalue weighted by atomic mass is 35.5. The number of amides is 1. The molecule has 0 aliphatic carbocycles. The van der Waals surface area contributed by atoms with Crippen LogP contribution in [0, 0.1) is 10.1 Å². The molecule has 1 amide bonds. The number of carbonyl (C=O) groups is 1. The minimum atomic E-state index is -3.89. The van der Waals surface area contributed by atoms with Crippen molar-refractivity contribution in [3.8, 4) is 11.5 Å². The summed E-state index contributed by atoms with van der Waals surface area (Å²) in [4.78, 5) is 23.5. The molecule has 0 radical (unpaired) electrons. The molecule has 2 aromatic rings. The van der Waals surface area contributed by atoms with Crippen LogP contribution < -0.4 is 14.8 Å². The van der Waals surface area contributed by atoms with E-state index in [0.717, 1.165) is 6.07 Å². The first-order valence-electron chi connectivity index (χ1n) is 9.70. The van der Waals surface area contributed by atoms with E-state index in [4.69, 9.17) is 21.1 Å². The molecule has 0 spiro atoms. The van der Waals surface area contributed by atoms with Crippen LogP contribution in [-0.4, -0.2) is 50.4 Å². The number of nitrogens with zero attached hydrogens (tertiary/aromatic N) is 2. The molecule has 0 heterocycles. The molecule has 12 heteroatoms. The van der Waals surface area contributed by atoms with Crippen LogP contribution in [0.15, 0.2) is 35.2 Å². The van der Waals surface area contributed by atoms with Gasteiger partial charge in [-0.3, -0.25) is 14.9 Å². The molecule has 0 aliphatic rings.